The number of hydrogen-bond acceptors (Lipinski definition) is 7. The van der Waals surface area contributed by atoms with Crippen LogP contribution in [0.25, 0.3) is 22.2 Å². The summed E-state index contributed by atoms with van der Waals surface area (Å²) in [6.07, 6.45) is -1.25. The van der Waals surface area contributed by atoms with E-state index in [0.29, 0.717) is 18.5 Å². The summed E-state index contributed by atoms with van der Waals surface area (Å²) in [4.78, 5) is 38.6. The van der Waals surface area contributed by atoms with E-state index >= 15 is 4.39 Å². The standard InChI is InChI=1S/C28H30F2N4O6/c1-28(2,3)40-27(37)34-8-5-9-38-24(15-34)25(35)32-18(14-31)10-17-7-6-16(11-20(17)29)19-12-22-23(13-21(19)30)39-26(36)33(22)4/h6-7,11-13,18,24H,5,8-10,15H2,1-4H3,(H,32,35)/t18-,24-/m0/s1. The third kappa shape index (κ3) is 6.48. The summed E-state index contributed by atoms with van der Waals surface area (Å²) < 4.78 is 47.0. The minimum atomic E-state index is -1.09. The van der Waals surface area contributed by atoms with E-state index in [0.717, 1.165) is 12.1 Å². The molecule has 2 heterocycles. The van der Waals surface area contributed by atoms with Gasteiger partial charge in [-0.15, -0.1) is 0 Å². The number of aryl methyl sites for hydroxylation is 1. The molecule has 2 amide bonds. The number of amides is 2. The van der Waals surface area contributed by atoms with Gasteiger partial charge in [0.1, 0.15) is 23.3 Å². The summed E-state index contributed by atoms with van der Waals surface area (Å²) in [6.45, 7) is 5.75. The number of aromatic nitrogens is 1. The molecule has 0 radical (unpaired) electrons. The zero-order valence-corrected chi connectivity index (χ0v) is 22.6. The van der Waals surface area contributed by atoms with Crippen molar-refractivity contribution in [1.29, 1.82) is 5.26 Å². The molecule has 2 aromatic carbocycles. The molecule has 1 fully saturated rings. The average molecular weight is 557 g/mol. The van der Waals surface area contributed by atoms with Crippen molar-refractivity contribution in [3.63, 3.8) is 0 Å². The van der Waals surface area contributed by atoms with Gasteiger partial charge in [0.25, 0.3) is 5.91 Å². The number of nitrogens with zero attached hydrogens (tertiary/aromatic N) is 3. The predicted molar refractivity (Wildman–Crippen MR) is 140 cm³/mol. The van der Waals surface area contributed by atoms with E-state index in [1.54, 1.807) is 20.8 Å². The molecule has 0 bridgehead atoms. The average Bonchev–Trinajstić information content (AvgIpc) is 3.03. The Morgan fingerprint density at radius 1 is 1.23 bits per heavy atom. The first-order valence-electron chi connectivity index (χ1n) is 12.7. The summed E-state index contributed by atoms with van der Waals surface area (Å²) in [6, 6.07) is 7.35. The Balaban J connectivity index is 1.46. The molecule has 1 saturated heterocycles. The Morgan fingerprint density at radius 3 is 2.65 bits per heavy atom. The van der Waals surface area contributed by atoms with Crippen molar-refractivity contribution >= 4 is 23.1 Å². The first-order valence-corrected chi connectivity index (χ1v) is 12.7. The Labute approximate surface area is 229 Å². The van der Waals surface area contributed by atoms with Crippen molar-refractivity contribution in [3.8, 4) is 17.2 Å². The van der Waals surface area contributed by atoms with Gasteiger partial charge in [0, 0.05) is 38.2 Å². The third-order valence-corrected chi connectivity index (χ3v) is 6.36. The van der Waals surface area contributed by atoms with Gasteiger partial charge in [0.2, 0.25) is 0 Å². The maximum Gasteiger partial charge on any atom is 0.419 e. The summed E-state index contributed by atoms with van der Waals surface area (Å²) in [5.41, 5.74) is 0.142. The molecule has 1 aliphatic rings. The fourth-order valence-electron chi connectivity index (χ4n) is 4.34. The smallest absolute Gasteiger partial charge is 0.419 e. The van der Waals surface area contributed by atoms with Crippen molar-refractivity contribution in [2.45, 2.75) is 51.4 Å². The normalized spacial score (nSPS) is 16.7. The number of fused-ring (bicyclic) bond motifs is 1. The molecule has 3 aromatic rings. The lowest BCUT2D eigenvalue weighted by Gasteiger charge is -2.27. The number of nitrogens with one attached hydrogen (secondary N) is 1. The van der Waals surface area contributed by atoms with Crippen LogP contribution < -0.4 is 11.1 Å². The second kappa shape index (κ2) is 11.5. The number of halogens is 2. The van der Waals surface area contributed by atoms with Crippen LogP contribution in [0.1, 0.15) is 32.8 Å². The highest BCUT2D eigenvalue weighted by molar-refractivity contribution is 5.83. The van der Waals surface area contributed by atoms with E-state index in [1.165, 1.54) is 34.7 Å². The molecule has 0 spiro atoms. The molecule has 40 heavy (non-hydrogen) atoms. The highest BCUT2D eigenvalue weighted by Gasteiger charge is 2.31. The lowest BCUT2D eigenvalue weighted by Crippen LogP contribution is -2.48. The highest BCUT2D eigenvalue weighted by atomic mass is 19.1. The topological polar surface area (TPSA) is 127 Å². The van der Waals surface area contributed by atoms with E-state index in [1.807, 2.05) is 6.07 Å². The van der Waals surface area contributed by atoms with Gasteiger partial charge in [0.15, 0.2) is 11.7 Å². The molecule has 10 nitrogen and oxygen atoms in total. The number of rotatable bonds is 5. The van der Waals surface area contributed by atoms with Crippen LogP contribution in [0.2, 0.25) is 0 Å². The van der Waals surface area contributed by atoms with Gasteiger partial charge in [-0.3, -0.25) is 9.36 Å². The minimum Gasteiger partial charge on any atom is -0.444 e. The monoisotopic (exact) mass is 556 g/mol. The van der Waals surface area contributed by atoms with Crippen LogP contribution in [0.15, 0.2) is 39.5 Å². The maximum atomic E-state index is 15.1. The number of ether oxygens (including phenoxy) is 2. The lowest BCUT2D eigenvalue weighted by atomic mass is 9.99. The molecular formula is C28H30F2N4O6. The first kappa shape index (κ1) is 28.8. The van der Waals surface area contributed by atoms with Crippen molar-refractivity contribution < 1.29 is 32.3 Å². The van der Waals surface area contributed by atoms with Crippen molar-refractivity contribution in [2.75, 3.05) is 19.7 Å². The number of nitriles is 1. The van der Waals surface area contributed by atoms with Crippen LogP contribution in [0.4, 0.5) is 13.6 Å². The van der Waals surface area contributed by atoms with Crippen LogP contribution in [0, 0.1) is 23.0 Å². The van der Waals surface area contributed by atoms with Gasteiger partial charge in [-0.25, -0.2) is 18.4 Å². The van der Waals surface area contributed by atoms with Gasteiger partial charge in [-0.05, 0) is 50.5 Å². The van der Waals surface area contributed by atoms with Crippen LogP contribution in [-0.4, -0.2) is 58.9 Å². The van der Waals surface area contributed by atoms with Crippen LogP contribution in [-0.2, 0) is 27.7 Å². The molecule has 0 unspecified atom stereocenters. The van der Waals surface area contributed by atoms with Gasteiger partial charge < -0.3 is 24.1 Å². The number of hydrogen-bond donors (Lipinski definition) is 1. The summed E-state index contributed by atoms with van der Waals surface area (Å²) in [7, 11) is 1.48. The van der Waals surface area contributed by atoms with E-state index in [9.17, 15) is 24.0 Å². The zero-order valence-electron chi connectivity index (χ0n) is 22.6. The Hall–Kier alpha value is -4.24. The second-order valence-electron chi connectivity index (χ2n) is 10.6. The summed E-state index contributed by atoms with van der Waals surface area (Å²) in [5, 5.41) is 12.2. The van der Waals surface area contributed by atoms with Crippen molar-refractivity contribution in [1.82, 2.24) is 14.8 Å². The molecule has 2 atom stereocenters. The van der Waals surface area contributed by atoms with Crippen molar-refractivity contribution in [2.24, 2.45) is 7.05 Å². The van der Waals surface area contributed by atoms with Crippen molar-refractivity contribution in [3.05, 3.63) is 58.1 Å². The second-order valence-corrected chi connectivity index (χ2v) is 10.6. The summed E-state index contributed by atoms with van der Waals surface area (Å²) in [5.74, 6) is -2.65. The van der Waals surface area contributed by atoms with E-state index in [2.05, 4.69) is 5.32 Å². The first-order chi connectivity index (χ1) is 18.9. The number of carbonyl (C=O) groups excluding carboxylic acids is 2. The molecule has 1 N–H and O–H groups in total. The Kier molecular flexibility index (Phi) is 8.25. The SMILES string of the molecule is Cn1c(=O)oc2cc(F)c(-c3ccc(C[C@@H](C#N)NC(=O)[C@@H]4CN(C(=O)OC(C)(C)C)CCCO4)c(F)c3)cc21. The minimum absolute atomic E-state index is 0.0554. The lowest BCUT2D eigenvalue weighted by molar-refractivity contribution is -0.133. The molecule has 1 aromatic heterocycles. The molecule has 4 rings (SSSR count). The van der Waals surface area contributed by atoms with Gasteiger partial charge in [0.05, 0.1) is 18.1 Å². The molecule has 212 valence electrons. The van der Waals surface area contributed by atoms with Gasteiger partial charge in [-0.2, -0.15) is 5.26 Å². The van der Waals surface area contributed by atoms with Gasteiger partial charge in [-0.1, -0.05) is 12.1 Å². The maximum absolute atomic E-state index is 15.1. The Bertz CT molecular complexity index is 1530. The largest absolute Gasteiger partial charge is 0.444 e. The van der Waals surface area contributed by atoms with E-state index < -0.39 is 47.1 Å². The molecular weight excluding hydrogens is 526 g/mol. The number of carbonyl (C=O) groups is 2. The predicted octanol–water partition coefficient (Wildman–Crippen LogP) is 3.65. The number of benzene rings is 2. The van der Waals surface area contributed by atoms with E-state index in [-0.39, 0.29) is 41.8 Å². The quantitative estimate of drug-likeness (QED) is 0.508. The fraction of sp³-hybridized carbons (Fsp3) is 0.429. The molecule has 0 aliphatic carbocycles. The molecule has 1 aliphatic heterocycles. The molecule has 0 saturated carbocycles. The van der Waals surface area contributed by atoms with E-state index in [4.69, 9.17) is 13.9 Å². The number of oxazole rings is 1. The zero-order chi connectivity index (χ0) is 29.2. The highest BCUT2D eigenvalue weighted by Crippen LogP contribution is 2.29. The third-order valence-electron chi connectivity index (χ3n) is 6.36. The van der Waals surface area contributed by atoms with Crippen LogP contribution in [0.3, 0.4) is 0 Å². The Morgan fingerprint density at radius 2 is 1.98 bits per heavy atom. The van der Waals surface area contributed by atoms with Gasteiger partial charge >= 0.3 is 11.8 Å². The van der Waals surface area contributed by atoms with Crippen LogP contribution in [0.5, 0.6) is 0 Å². The van der Waals surface area contributed by atoms with Crippen LogP contribution >= 0.6 is 0 Å². The fourth-order valence-corrected chi connectivity index (χ4v) is 4.34. The molecule has 12 heteroatoms. The summed E-state index contributed by atoms with van der Waals surface area (Å²) >= 11 is 0.